The van der Waals surface area contributed by atoms with Gasteiger partial charge in [0.1, 0.15) is 0 Å². The Hall–Kier alpha value is -0.620. The fourth-order valence-electron chi connectivity index (χ4n) is 0.592. The molecule has 1 heterocycles. The summed E-state index contributed by atoms with van der Waals surface area (Å²) in [7, 11) is 2.56. The molecule has 0 saturated heterocycles. The lowest BCUT2D eigenvalue weighted by Gasteiger charge is -1.97. The van der Waals surface area contributed by atoms with Crippen molar-refractivity contribution in [3.8, 4) is 0 Å². The number of hydrogen-bond donors (Lipinski definition) is 1. The molecule has 0 amide bonds. The Kier molecular flexibility index (Phi) is 1.68. The zero-order valence-electron chi connectivity index (χ0n) is 5.26. The number of aryl methyl sites for hydroxylation is 1. The zero-order chi connectivity index (χ0) is 6.85. The first-order valence-electron chi connectivity index (χ1n) is 2.68. The number of nitrogen functional groups attached to an aromatic ring is 1. The second kappa shape index (κ2) is 2.32. The summed E-state index contributed by atoms with van der Waals surface area (Å²) in [6, 6.07) is 1.93. The van der Waals surface area contributed by atoms with E-state index in [1.54, 1.807) is 6.20 Å². The summed E-state index contributed by atoms with van der Waals surface area (Å²) in [5.74, 6) is 0. The van der Waals surface area contributed by atoms with Crippen molar-refractivity contribution in [2.24, 2.45) is 0 Å². The molecule has 0 radical (unpaired) electrons. The van der Waals surface area contributed by atoms with Gasteiger partial charge in [0.2, 0.25) is 0 Å². The lowest BCUT2D eigenvalue weighted by atomic mass is 10.3. The average molecular weight is 140 g/mol. The predicted octanol–water partition coefficient (Wildman–Crippen LogP) is 0.473. The van der Waals surface area contributed by atoms with Gasteiger partial charge in [-0.15, -0.1) is 9.24 Å². The first-order valence-corrected chi connectivity index (χ1v) is 3.25. The smallest absolute Gasteiger partial charge is 0.0573 e. The van der Waals surface area contributed by atoms with E-state index in [-0.39, 0.29) is 0 Å². The topological polar surface area (TPSA) is 38.9 Å². The molecular weight excluding hydrogens is 131 g/mol. The van der Waals surface area contributed by atoms with Crippen molar-refractivity contribution in [3.05, 3.63) is 18.0 Å². The van der Waals surface area contributed by atoms with E-state index in [2.05, 4.69) is 14.2 Å². The lowest BCUT2D eigenvalue weighted by Crippen LogP contribution is -2.02. The maximum Gasteiger partial charge on any atom is 0.0573 e. The molecule has 0 bridgehead atoms. The largest absolute Gasteiger partial charge is 0.397 e. The summed E-state index contributed by atoms with van der Waals surface area (Å²) < 4.78 is 0. The van der Waals surface area contributed by atoms with Crippen molar-refractivity contribution in [2.75, 3.05) is 5.73 Å². The van der Waals surface area contributed by atoms with E-state index >= 15 is 0 Å². The van der Waals surface area contributed by atoms with Crippen LogP contribution < -0.4 is 11.0 Å². The van der Waals surface area contributed by atoms with Gasteiger partial charge < -0.3 is 5.73 Å². The van der Waals surface area contributed by atoms with Gasteiger partial charge in [0.05, 0.1) is 11.9 Å². The molecule has 0 spiro atoms. The van der Waals surface area contributed by atoms with Gasteiger partial charge in [-0.2, -0.15) is 0 Å². The number of aromatic nitrogens is 1. The van der Waals surface area contributed by atoms with E-state index in [4.69, 9.17) is 5.73 Å². The van der Waals surface area contributed by atoms with Crippen LogP contribution in [0.2, 0.25) is 0 Å². The van der Waals surface area contributed by atoms with Crippen LogP contribution in [0.25, 0.3) is 0 Å². The van der Waals surface area contributed by atoms with Crippen molar-refractivity contribution in [1.29, 1.82) is 0 Å². The van der Waals surface area contributed by atoms with E-state index < -0.39 is 0 Å². The maximum atomic E-state index is 5.51. The second-order valence-corrected chi connectivity index (χ2v) is 2.58. The molecular formula is C6H9N2P. The fourth-order valence-corrected chi connectivity index (χ4v) is 0.907. The van der Waals surface area contributed by atoms with Crippen molar-refractivity contribution in [2.45, 2.75) is 6.92 Å². The third kappa shape index (κ3) is 1.39. The van der Waals surface area contributed by atoms with Gasteiger partial charge in [-0.25, -0.2) is 0 Å². The Bertz CT molecular complexity index is 222. The summed E-state index contributed by atoms with van der Waals surface area (Å²) in [4.78, 5) is 4.00. The Balaban J connectivity index is 3.17. The van der Waals surface area contributed by atoms with Crippen molar-refractivity contribution in [3.63, 3.8) is 0 Å². The Morgan fingerprint density at radius 2 is 2.33 bits per heavy atom. The highest BCUT2D eigenvalue weighted by Gasteiger charge is 1.91. The minimum Gasteiger partial charge on any atom is -0.397 e. The molecule has 1 unspecified atom stereocenters. The SMILES string of the molecule is Cc1cc(P)c(N)cn1. The highest BCUT2D eigenvalue weighted by atomic mass is 31.0. The molecule has 1 aromatic rings. The van der Waals surface area contributed by atoms with E-state index in [9.17, 15) is 0 Å². The molecule has 48 valence electrons. The van der Waals surface area contributed by atoms with Crippen molar-refractivity contribution < 1.29 is 0 Å². The molecule has 0 aliphatic rings. The normalized spacial score (nSPS) is 9.56. The molecule has 2 nitrogen and oxygen atoms in total. The molecule has 0 aliphatic carbocycles. The van der Waals surface area contributed by atoms with E-state index in [1.165, 1.54) is 0 Å². The number of pyridine rings is 1. The highest BCUT2D eigenvalue weighted by Crippen LogP contribution is 2.00. The van der Waals surface area contributed by atoms with Crippen LogP contribution in [0.4, 0.5) is 5.69 Å². The molecule has 0 saturated carbocycles. The van der Waals surface area contributed by atoms with Crippen LogP contribution in [-0.4, -0.2) is 4.98 Å². The van der Waals surface area contributed by atoms with Gasteiger partial charge in [-0.05, 0) is 18.3 Å². The fraction of sp³-hybridized carbons (Fsp3) is 0.167. The minimum absolute atomic E-state index is 0.727. The number of nitrogens with two attached hydrogens (primary N) is 1. The van der Waals surface area contributed by atoms with Crippen LogP contribution >= 0.6 is 9.24 Å². The Labute approximate surface area is 56.7 Å². The van der Waals surface area contributed by atoms with Gasteiger partial charge in [0.15, 0.2) is 0 Å². The molecule has 1 rings (SSSR count). The first kappa shape index (κ1) is 6.50. The van der Waals surface area contributed by atoms with Crippen LogP contribution in [0.5, 0.6) is 0 Å². The quantitative estimate of drug-likeness (QED) is 0.532. The van der Waals surface area contributed by atoms with Crippen LogP contribution in [0.3, 0.4) is 0 Å². The molecule has 0 fully saturated rings. The Morgan fingerprint density at radius 1 is 1.67 bits per heavy atom. The van der Waals surface area contributed by atoms with Crippen LogP contribution in [0.15, 0.2) is 12.3 Å². The second-order valence-electron chi connectivity index (χ2n) is 1.95. The zero-order valence-corrected chi connectivity index (χ0v) is 6.41. The van der Waals surface area contributed by atoms with Crippen LogP contribution in [0, 0.1) is 6.92 Å². The summed E-state index contributed by atoms with van der Waals surface area (Å²) in [6.07, 6.45) is 1.66. The number of hydrogen-bond acceptors (Lipinski definition) is 2. The summed E-state index contributed by atoms with van der Waals surface area (Å²) >= 11 is 0. The third-order valence-electron chi connectivity index (χ3n) is 1.10. The molecule has 0 aliphatic heterocycles. The van der Waals surface area contributed by atoms with Crippen LogP contribution in [0.1, 0.15) is 5.69 Å². The predicted molar refractivity (Wildman–Crippen MR) is 42.7 cm³/mol. The van der Waals surface area contributed by atoms with Gasteiger partial charge >= 0.3 is 0 Å². The molecule has 3 heteroatoms. The van der Waals surface area contributed by atoms with E-state index in [0.29, 0.717) is 0 Å². The number of anilines is 1. The van der Waals surface area contributed by atoms with Crippen molar-refractivity contribution >= 4 is 20.2 Å². The maximum absolute atomic E-state index is 5.51. The molecule has 0 aromatic carbocycles. The number of nitrogens with zero attached hydrogens (tertiary/aromatic N) is 1. The van der Waals surface area contributed by atoms with Crippen molar-refractivity contribution in [1.82, 2.24) is 4.98 Å². The monoisotopic (exact) mass is 140 g/mol. The van der Waals surface area contributed by atoms with Crippen LogP contribution in [-0.2, 0) is 0 Å². The van der Waals surface area contributed by atoms with Gasteiger partial charge in [0.25, 0.3) is 0 Å². The average Bonchev–Trinajstić information content (AvgIpc) is 1.80. The molecule has 2 N–H and O–H groups in total. The van der Waals surface area contributed by atoms with Gasteiger partial charge in [0, 0.05) is 5.69 Å². The highest BCUT2D eigenvalue weighted by molar-refractivity contribution is 7.28. The number of rotatable bonds is 0. The first-order chi connectivity index (χ1) is 4.20. The molecule has 1 atom stereocenters. The van der Waals surface area contributed by atoms with E-state index in [1.807, 2.05) is 13.0 Å². The van der Waals surface area contributed by atoms with Gasteiger partial charge in [-0.1, -0.05) is 0 Å². The molecule has 9 heavy (non-hydrogen) atoms. The minimum atomic E-state index is 0.727. The summed E-state index contributed by atoms with van der Waals surface area (Å²) in [5.41, 5.74) is 7.23. The van der Waals surface area contributed by atoms with E-state index in [0.717, 1.165) is 16.7 Å². The summed E-state index contributed by atoms with van der Waals surface area (Å²) in [6.45, 7) is 1.94. The molecule has 1 aromatic heterocycles. The Morgan fingerprint density at radius 3 is 2.78 bits per heavy atom. The third-order valence-corrected chi connectivity index (χ3v) is 1.60. The standard InChI is InChI=1S/C6H9N2P/c1-4-2-6(9)5(7)3-8-4/h2-3H,7,9H2,1H3. The van der Waals surface area contributed by atoms with Gasteiger partial charge in [-0.3, -0.25) is 4.98 Å². The lowest BCUT2D eigenvalue weighted by molar-refractivity contribution is 1.21. The summed E-state index contributed by atoms with van der Waals surface area (Å²) in [5, 5.41) is 1.02.